The van der Waals surface area contributed by atoms with Crippen molar-refractivity contribution in [3.8, 4) is 101 Å². The maximum Gasteiger partial charge on any atom is 0.164 e. The summed E-state index contributed by atoms with van der Waals surface area (Å²) in [6.07, 6.45) is 0. The van der Waals surface area contributed by atoms with E-state index in [2.05, 4.69) is 321 Å². The fourth-order valence-corrected chi connectivity index (χ4v) is 12.3. The number of fused-ring (bicyclic) bond motifs is 6. The first-order valence-corrected chi connectivity index (χ1v) is 28.8. The summed E-state index contributed by atoms with van der Waals surface area (Å²) in [7, 11) is 0. The molecule has 0 bridgehead atoms. The molecule has 0 aliphatic rings. The van der Waals surface area contributed by atoms with Crippen LogP contribution in [-0.4, -0.2) is 24.1 Å². The maximum atomic E-state index is 5.57. The van der Waals surface area contributed by atoms with Crippen molar-refractivity contribution in [2.45, 2.75) is 26.2 Å². The molecular weight excluding hydrogens is 1020 g/mol. The molecule has 0 aliphatic heterocycles. The minimum atomic E-state index is -0.0861. The fourth-order valence-electron chi connectivity index (χ4n) is 12.3. The second kappa shape index (κ2) is 20.7. The standard InChI is InChI=1S/C79H57N5/c1-79(2,3)63-41-43-73-69(50-63)70-51-64(83-71-35-21-19-33-65(71)66-34-20-22-36-72(66)83)42-44-74(70)84(73)75-67(56-29-15-7-16-30-56)48-62(49-68(75)57-31-17-8-18-32-57)78-81-76(58-39-37-55(38-40-58)52-23-9-4-10-24-52)80-77(82-78)61-46-59(53-25-11-5-12-26-53)45-60(47-61)54-27-13-6-14-28-54/h4-51H,1-3H3. The van der Waals surface area contributed by atoms with E-state index in [9.17, 15) is 0 Å². The van der Waals surface area contributed by atoms with Crippen LogP contribution in [0.15, 0.2) is 291 Å². The number of benzene rings is 12. The van der Waals surface area contributed by atoms with Gasteiger partial charge in [-0.3, -0.25) is 0 Å². The highest BCUT2D eigenvalue weighted by atomic mass is 15.0. The van der Waals surface area contributed by atoms with Crippen molar-refractivity contribution in [1.29, 1.82) is 0 Å². The number of hydrogen-bond donors (Lipinski definition) is 0. The third-order valence-electron chi connectivity index (χ3n) is 16.5. The van der Waals surface area contributed by atoms with E-state index in [1.54, 1.807) is 0 Å². The molecule has 0 radical (unpaired) electrons. The van der Waals surface area contributed by atoms with E-state index in [0.717, 1.165) is 94.7 Å². The van der Waals surface area contributed by atoms with Gasteiger partial charge >= 0.3 is 0 Å². The van der Waals surface area contributed by atoms with Crippen LogP contribution in [-0.2, 0) is 5.41 Å². The molecule has 3 aromatic heterocycles. The van der Waals surface area contributed by atoms with Gasteiger partial charge in [-0.05, 0) is 128 Å². The second-order valence-electron chi connectivity index (χ2n) is 22.8. The highest BCUT2D eigenvalue weighted by Gasteiger charge is 2.26. The first-order chi connectivity index (χ1) is 41.3. The molecule has 5 nitrogen and oxygen atoms in total. The zero-order valence-corrected chi connectivity index (χ0v) is 46.9. The average Bonchev–Trinajstić information content (AvgIpc) is 2.21. The Kier molecular flexibility index (Phi) is 12.4. The summed E-state index contributed by atoms with van der Waals surface area (Å²) in [5.41, 5.74) is 21.5. The Morgan fingerprint density at radius 1 is 0.250 bits per heavy atom. The molecule has 0 aliphatic carbocycles. The summed E-state index contributed by atoms with van der Waals surface area (Å²) in [6.45, 7) is 6.91. The molecule has 0 fully saturated rings. The van der Waals surface area contributed by atoms with Crippen LogP contribution >= 0.6 is 0 Å². The summed E-state index contributed by atoms with van der Waals surface area (Å²) < 4.78 is 4.94. The molecule has 5 heteroatoms. The summed E-state index contributed by atoms with van der Waals surface area (Å²) in [6, 6.07) is 105. The van der Waals surface area contributed by atoms with Gasteiger partial charge in [0.15, 0.2) is 17.5 Å². The number of hydrogen-bond acceptors (Lipinski definition) is 3. The molecule has 0 N–H and O–H groups in total. The van der Waals surface area contributed by atoms with Gasteiger partial charge in [-0.25, -0.2) is 15.0 Å². The largest absolute Gasteiger partial charge is 0.309 e. The number of aromatic nitrogens is 5. The van der Waals surface area contributed by atoms with E-state index in [0.29, 0.717) is 17.5 Å². The van der Waals surface area contributed by atoms with Gasteiger partial charge in [0.2, 0.25) is 0 Å². The van der Waals surface area contributed by atoms with E-state index in [1.165, 1.54) is 38.1 Å². The van der Waals surface area contributed by atoms with Crippen LogP contribution in [0.25, 0.3) is 145 Å². The molecule has 398 valence electrons. The fraction of sp³-hybridized carbons (Fsp3) is 0.0506. The Morgan fingerprint density at radius 2 is 0.607 bits per heavy atom. The molecule has 0 unspecified atom stereocenters. The minimum Gasteiger partial charge on any atom is -0.309 e. The van der Waals surface area contributed by atoms with Crippen molar-refractivity contribution in [3.63, 3.8) is 0 Å². The lowest BCUT2D eigenvalue weighted by atomic mass is 9.86. The molecule has 0 atom stereocenters. The lowest BCUT2D eigenvalue weighted by Gasteiger charge is -2.22. The van der Waals surface area contributed by atoms with Crippen molar-refractivity contribution in [2.75, 3.05) is 0 Å². The molecular formula is C79H57N5. The predicted molar refractivity (Wildman–Crippen MR) is 351 cm³/mol. The molecule has 0 amide bonds. The molecule has 0 saturated carbocycles. The SMILES string of the molecule is CC(C)(C)c1ccc2c(c1)c1cc(-n3c4ccccc4c4ccccc43)ccc1n2-c1c(-c2ccccc2)cc(-c2nc(-c3ccc(-c4ccccc4)cc3)nc(-c3cc(-c4ccccc4)cc(-c4ccccc4)c3)n2)cc1-c1ccccc1. The molecule has 12 aromatic carbocycles. The van der Waals surface area contributed by atoms with Crippen LogP contribution in [0.5, 0.6) is 0 Å². The van der Waals surface area contributed by atoms with Gasteiger partial charge in [-0.1, -0.05) is 239 Å². The van der Waals surface area contributed by atoms with Crippen molar-refractivity contribution >= 4 is 43.6 Å². The molecule has 15 rings (SSSR count). The van der Waals surface area contributed by atoms with Crippen LogP contribution in [0.1, 0.15) is 26.3 Å². The van der Waals surface area contributed by atoms with Crippen molar-refractivity contribution < 1.29 is 0 Å². The lowest BCUT2D eigenvalue weighted by molar-refractivity contribution is 0.591. The quantitative estimate of drug-likeness (QED) is 0.137. The summed E-state index contributed by atoms with van der Waals surface area (Å²) in [5, 5.41) is 4.85. The summed E-state index contributed by atoms with van der Waals surface area (Å²) in [5.74, 6) is 1.74. The van der Waals surface area contributed by atoms with Gasteiger partial charge in [0.25, 0.3) is 0 Å². The van der Waals surface area contributed by atoms with Gasteiger partial charge in [-0.2, -0.15) is 0 Å². The average molecular weight is 1080 g/mol. The van der Waals surface area contributed by atoms with Crippen LogP contribution in [0, 0.1) is 0 Å². The third-order valence-corrected chi connectivity index (χ3v) is 16.5. The Hall–Kier alpha value is -10.8. The van der Waals surface area contributed by atoms with E-state index in [-0.39, 0.29) is 5.41 Å². The zero-order valence-electron chi connectivity index (χ0n) is 46.9. The van der Waals surface area contributed by atoms with Crippen LogP contribution in [0.4, 0.5) is 0 Å². The van der Waals surface area contributed by atoms with Crippen molar-refractivity contribution in [3.05, 3.63) is 297 Å². The number of para-hydroxylation sites is 2. The highest BCUT2D eigenvalue weighted by molar-refractivity contribution is 6.13. The Labute approximate surface area is 489 Å². The summed E-state index contributed by atoms with van der Waals surface area (Å²) in [4.78, 5) is 16.5. The second-order valence-corrected chi connectivity index (χ2v) is 22.8. The summed E-state index contributed by atoms with van der Waals surface area (Å²) >= 11 is 0. The van der Waals surface area contributed by atoms with Crippen molar-refractivity contribution in [2.24, 2.45) is 0 Å². The van der Waals surface area contributed by atoms with E-state index in [4.69, 9.17) is 15.0 Å². The molecule has 0 spiro atoms. The Morgan fingerprint density at radius 3 is 1.10 bits per heavy atom. The van der Waals surface area contributed by atoms with E-state index >= 15 is 0 Å². The van der Waals surface area contributed by atoms with Crippen LogP contribution in [0.2, 0.25) is 0 Å². The van der Waals surface area contributed by atoms with Crippen LogP contribution in [0.3, 0.4) is 0 Å². The van der Waals surface area contributed by atoms with E-state index in [1.807, 2.05) is 0 Å². The Balaban J connectivity index is 1.00. The number of rotatable bonds is 10. The third kappa shape index (κ3) is 9.04. The minimum absolute atomic E-state index is 0.0861. The normalized spacial score (nSPS) is 11.8. The molecule has 3 heterocycles. The molecule has 0 saturated heterocycles. The first-order valence-electron chi connectivity index (χ1n) is 28.8. The monoisotopic (exact) mass is 1080 g/mol. The smallest absolute Gasteiger partial charge is 0.164 e. The van der Waals surface area contributed by atoms with Gasteiger partial charge in [-0.15, -0.1) is 0 Å². The van der Waals surface area contributed by atoms with Crippen molar-refractivity contribution in [1.82, 2.24) is 24.1 Å². The topological polar surface area (TPSA) is 48.5 Å². The molecule has 15 aromatic rings. The van der Waals surface area contributed by atoms with Gasteiger partial charge in [0.1, 0.15) is 0 Å². The van der Waals surface area contributed by atoms with Gasteiger partial charge in [0.05, 0.1) is 27.8 Å². The lowest BCUT2D eigenvalue weighted by Crippen LogP contribution is -2.10. The predicted octanol–water partition coefficient (Wildman–Crippen LogP) is 20.7. The molecule has 84 heavy (non-hydrogen) atoms. The van der Waals surface area contributed by atoms with Gasteiger partial charge in [0, 0.05) is 55.0 Å². The zero-order chi connectivity index (χ0) is 56.3. The Bertz CT molecular complexity index is 4770. The number of nitrogens with zero attached hydrogens (tertiary/aromatic N) is 5. The first kappa shape index (κ1) is 50.2. The van der Waals surface area contributed by atoms with Gasteiger partial charge < -0.3 is 9.13 Å². The van der Waals surface area contributed by atoms with Crippen LogP contribution < -0.4 is 0 Å². The van der Waals surface area contributed by atoms with E-state index < -0.39 is 0 Å². The maximum absolute atomic E-state index is 5.57. The highest BCUT2D eigenvalue weighted by Crippen LogP contribution is 2.46.